The molecule has 1 N–H and O–H groups in total. The summed E-state index contributed by atoms with van der Waals surface area (Å²) in [5.74, 6) is 1.26. The summed E-state index contributed by atoms with van der Waals surface area (Å²) in [5, 5.41) is 3.09. The SMILES string of the molecule is CNc1nc(C(C)(C)C)nc(-c2cccc(F)c2)c1C. The van der Waals surface area contributed by atoms with Crippen molar-refractivity contribution in [2.45, 2.75) is 33.1 Å². The predicted octanol–water partition coefficient (Wildman–Crippen LogP) is 3.93. The maximum absolute atomic E-state index is 13.4. The molecule has 0 saturated heterocycles. The minimum atomic E-state index is -0.260. The summed E-state index contributed by atoms with van der Waals surface area (Å²) in [7, 11) is 1.83. The van der Waals surface area contributed by atoms with Crippen molar-refractivity contribution < 1.29 is 4.39 Å². The summed E-state index contributed by atoms with van der Waals surface area (Å²) >= 11 is 0. The van der Waals surface area contributed by atoms with Gasteiger partial charge in [-0.3, -0.25) is 0 Å². The number of anilines is 1. The third-order valence-electron chi connectivity index (χ3n) is 3.15. The first kappa shape index (κ1) is 14.4. The Morgan fingerprint density at radius 1 is 1.15 bits per heavy atom. The van der Waals surface area contributed by atoms with Gasteiger partial charge in [-0.05, 0) is 19.1 Å². The summed E-state index contributed by atoms with van der Waals surface area (Å²) in [6.45, 7) is 8.13. The van der Waals surface area contributed by atoms with Crippen LogP contribution in [0.25, 0.3) is 11.3 Å². The number of hydrogen-bond donors (Lipinski definition) is 1. The molecule has 20 heavy (non-hydrogen) atoms. The van der Waals surface area contributed by atoms with E-state index in [0.29, 0.717) is 0 Å². The number of halogens is 1. The Labute approximate surface area is 119 Å². The Morgan fingerprint density at radius 3 is 2.40 bits per heavy atom. The van der Waals surface area contributed by atoms with Crippen LogP contribution in [0.15, 0.2) is 24.3 Å². The number of rotatable bonds is 2. The summed E-state index contributed by atoms with van der Waals surface area (Å²) in [6, 6.07) is 6.50. The van der Waals surface area contributed by atoms with Gasteiger partial charge in [-0.1, -0.05) is 32.9 Å². The van der Waals surface area contributed by atoms with Gasteiger partial charge >= 0.3 is 0 Å². The molecule has 0 aliphatic carbocycles. The molecule has 0 bridgehead atoms. The molecule has 0 radical (unpaired) electrons. The molecule has 0 aliphatic heterocycles. The fourth-order valence-electron chi connectivity index (χ4n) is 2.01. The molecule has 1 aromatic heterocycles. The predicted molar refractivity (Wildman–Crippen MR) is 80.4 cm³/mol. The van der Waals surface area contributed by atoms with Crippen LogP contribution in [0.3, 0.4) is 0 Å². The van der Waals surface area contributed by atoms with E-state index in [1.165, 1.54) is 12.1 Å². The van der Waals surface area contributed by atoms with Crippen molar-refractivity contribution in [3.63, 3.8) is 0 Å². The smallest absolute Gasteiger partial charge is 0.136 e. The second-order valence-electron chi connectivity index (χ2n) is 5.88. The first-order valence-corrected chi connectivity index (χ1v) is 6.65. The standard InChI is InChI=1S/C16H20FN3/c1-10-13(11-7-6-8-12(17)9-11)19-15(16(2,3)4)20-14(10)18-5/h6-9H,1-5H3,(H,18,19,20). The van der Waals surface area contributed by atoms with Gasteiger partial charge in [0.1, 0.15) is 17.5 Å². The normalized spacial score (nSPS) is 11.5. The van der Waals surface area contributed by atoms with E-state index in [1.54, 1.807) is 6.07 Å². The van der Waals surface area contributed by atoms with Crippen LogP contribution in [0.2, 0.25) is 0 Å². The zero-order chi connectivity index (χ0) is 14.9. The molecule has 0 fully saturated rings. The fourth-order valence-corrected chi connectivity index (χ4v) is 2.01. The molecule has 0 unspecified atom stereocenters. The van der Waals surface area contributed by atoms with Crippen LogP contribution in [-0.2, 0) is 5.41 Å². The largest absolute Gasteiger partial charge is 0.373 e. The Morgan fingerprint density at radius 2 is 1.85 bits per heavy atom. The van der Waals surface area contributed by atoms with E-state index >= 15 is 0 Å². The Bertz CT molecular complexity index is 630. The fraction of sp³-hybridized carbons (Fsp3) is 0.375. The molecule has 1 aromatic carbocycles. The highest BCUT2D eigenvalue weighted by Gasteiger charge is 2.21. The molecular formula is C16H20FN3. The zero-order valence-electron chi connectivity index (χ0n) is 12.6. The van der Waals surface area contributed by atoms with Crippen LogP contribution in [-0.4, -0.2) is 17.0 Å². The van der Waals surface area contributed by atoms with Crippen LogP contribution in [0.5, 0.6) is 0 Å². The topological polar surface area (TPSA) is 37.8 Å². The van der Waals surface area contributed by atoms with Gasteiger partial charge < -0.3 is 5.32 Å². The van der Waals surface area contributed by atoms with Gasteiger partial charge in [0.15, 0.2) is 0 Å². The van der Waals surface area contributed by atoms with Gasteiger partial charge in [0.2, 0.25) is 0 Å². The minimum absolute atomic E-state index is 0.165. The highest BCUT2D eigenvalue weighted by Crippen LogP contribution is 2.29. The summed E-state index contributed by atoms with van der Waals surface area (Å²) < 4.78 is 13.4. The highest BCUT2D eigenvalue weighted by atomic mass is 19.1. The molecule has 2 rings (SSSR count). The summed E-state index contributed by atoms with van der Waals surface area (Å²) in [6.07, 6.45) is 0. The molecule has 0 amide bonds. The van der Waals surface area contributed by atoms with Crippen molar-refractivity contribution in [1.29, 1.82) is 0 Å². The first-order chi connectivity index (χ1) is 9.32. The van der Waals surface area contributed by atoms with E-state index in [4.69, 9.17) is 0 Å². The van der Waals surface area contributed by atoms with Gasteiger partial charge in [-0.2, -0.15) is 0 Å². The molecule has 106 valence electrons. The lowest BCUT2D eigenvalue weighted by Crippen LogP contribution is -2.18. The van der Waals surface area contributed by atoms with Crippen molar-refractivity contribution in [1.82, 2.24) is 9.97 Å². The van der Waals surface area contributed by atoms with E-state index in [9.17, 15) is 4.39 Å². The third kappa shape index (κ3) is 2.79. The van der Waals surface area contributed by atoms with E-state index in [0.717, 1.165) is 28.5 Å². The van der Waals surface area contributed by atoms with Crippen LogP contribution in [0.4, 0.5) is 10.2 Å². The summed E-state index contributed by atoms with van der Waals surface area (Å²) in [4.78, 5) is 9.20. The van der Waals surface area contributed by atoms with Crippen molar-refractivity contribution in [3.05, 3.63) is 41.5 Å². The lowest BCUT2D eigenvalue weighted by Gasteiger charge is -2.20. The molecule has 4 heteroatoms. The number of nitrogens with zero attached hydrogens (tertiary/aromatic N) is 2. The van der Waals surface area contributed by atoms with Gasteiger partial charge in [-0.15, -0.1) is 0 Å². The van der Waals surface area contributed by atoms with Gasteiger partial charge in [0.05, 0.1) is 5.69 Å². The van der Waals surface area contributed by atoms with Crippen LogP contribution >= 0.6 is 0 Å². The van der Waals surface area contributed by atoms with Crippen LogP contribution in [0, 0.1) is 12.7 Å². The average molecular weight is 273 g/mol. The summed E-state index contributed by atoms with van der Waals surface area (Å²) in [5.41, 5.74) is 2.30. The second kappa shape index (κ2) is 5.19. The maximum Gasteiger partial charge on any atom is 0.136 e. The van der Waals surface area contributed by atoms with Crippen molar-refractivity contribution in [2.75, 3.05) is 12.4 Å². The molecule has 0 spiro atoms. The molecular weight excluding hydrogens is 253 g/mol. The quantitative estimate of drug-likeness (QED) is 0.901. The third-order valence-corrected chi connectivity index (χ3v) is 3.15. The molecule has 2 aromatic rings. The molecule has 0 aliphatic rings. The van der Waals surface area contributed by atoms with Gasteiger partial charge in [0, 0.05) is 23.6 Å². The molecule has 3 nitrogen and oxygen atoms in total. The van der Waals surface area contributed by atoms with Crippen molar-refractivity contribution in [2.24, 2.45) is 0 Å². The van der Waals surface area contributed by atoms with Crippen LogP contribution < -0.4 is 5.32 Å². The lowest BCUT2D eigenvalue weighted by molar-refractivity contribution is 0.546. The van der Waals surface area contributed by atoms with E-state index in [-0.39, 0.29) is 11.2 Å². The average Bonchev–Trinajstić information content (AvgIpc) is 2.37. The van der Waals surface area contributed by atoms with E-state index in [2.05, 4.69) is 36.1 Å². The second-order valence-corrected chi connectivity index (χ2v) is 5.88. The number of benzene rings is 1. The van der Waals surface area contributed by atoms with Crippen LogP contribution in [0.1, 0.15) is 32.2 Å². The monoisotopic (exact) mass is 273 g/mol. The molecule has 1 heterocycles. The van der Waals surface area contributed by atoms with Crippen molar-refractivity contribution in [3.8, 4) is 11.3 Å². The zero-order valence-corrected chi connectivity index (χ0v) is 12.6. The van der Waals surface area contributed by atoms with Gasteiger partial charge in [0.25, 0.3) is 0 Å². The lowest BCUT2D eigenvalue weighted by atomic mass is 9.95. The number of aromatic nitrogens is 2. The molecule has 0 atom stereocenters. The Hall–Kier alpha value is -1.97. The van der Waals surface area contributed by atoms with E-state index in [1.807, 2.05) is 20.0 Å². The van der Waals surface area contributed by atoms with E-state index < -0.39 is 0 Å². The number of hydrogen-bond acceptors (Lipinski definition) is 3. The minimum Gasteiger partial charge on any atom is -0.373 e. The van der Waals surface area contributed by atoms with Gasteiger partial charge in [-0.25, -0.2) is 14.4 Å². The van der Waals surface area contributed by atoms with Crippen molar-refractivity contribution >= 4 is 5.82 Å². The first-order valence-electron chi connectivity index (χ1n) is 6.65. The highest BCUT2D eigenvalue weighted by molar-refractivity contribution is 5.68. The Kier molecular flexibility index (Phi) is 3.75. The maximum atomic E-state index is 13.4. The molecule has 0 saturated carbocycles. The Balaban J connectivity index is 2.68. The number of nitrogens with one attached hydrogen (secondary N) is 1.